The molecule has 0 N–H and O–H groups in total. The van der Waals surface area contributed by atoms with Gasteiger partial charge in [0, 0.05) is 66.2 Å². The molecule has 3 heterocycles. The molecule has 0 radical (unpaired) electrons. The fourth-order valence-electron chi connectivity index (χ4n) is 12.2. The van der Waals surface area contributed by atoms with Crippen molar-refractivity contribution in [1.82, 2.24) is 9.13 Å². The molecule has 15 rings (SSSR count). The summed E-state index contributed by atoms with van der Waals surface area (Å²) in [6, 6.07) is 90.9. The maximum Gasteiger partial charge on any atom is 0.136 e. The number of fused-ring (bicyclic) bond motifs is 12. The van der Waals surface area contributed by atoms with Gasteiger partial charge in [0.25, 0.3) is 0 Å². The van der Waals surface area contributed by atoms with Gasteiger partial charge in [0.05, 0.1) is 22.1 Å². The summed E-state index contributed by atoms with van der Waals surface area (Å²) in [6.07, 6.45) is 0. The molecule has 11 aromatic carbocycles. The molecule has 0 saturated heterocycles. The summed E-state index contributed by atoms with van der Waals surface area (Å²) in [7, 11) is 0. The summed E-state index contributed by atoms with van der Waals surface area (Å²) in [4.78, 5) is 2.41. The molecule has 3 aromatic heterocycles. The van der Waals surface area contributed by atoms with E-state index in [-0.39, 0.29) is 5.41 Å². The summed E-state index contributed by atoms with van der Waals surface area (Å²) in [5, 5.41) is 7.15. The van der Waals surface area contributed by atoms with Gasteiger partial charge in [-0.05, 0) is 148 Å². The number of aromatic nitrogens is 2. The Bertz CT molecular complexity index is 4500. The van der Waals surface area contributed by atoms with Crippen molar-refractivity contribution in [2.45, 2.75) is 19.3 Å². The molecular weight excluding hydrogens is 887 g/mol. The monoisotopic (exact) mass is 933 g/mol. The van der Waals surface area contributed by atoms with E-state index in [4.69, 9.17) is 4.42 Å². The SMILES string of the molecule is CC1(C)c2ccccc2-c2ccc(N(c3ccc(-c4ccc(-n5c6ccccc6c6cc7oc8ccccc8c7cc65)cc4)cc3)c3ccc(-c4ccc5c(c4)c4ccccc4n5-c4ccccc4)cc3)cc21. The van der Waals surface area contributed by atoms with Crippen molar-refractivity contribution in [3.8, 4) is 44.8 Å². The second-order valence-corrected chi connectivity index (χ2v) is 20.1. The predicted octanol–water partition coefficient (Wildman–Crippen LogP) is 18.9. The van der Waals surface area contributed by atoms with Crippen LogP contribution in [0.3, 0.4) is 0 Å². The van der Waals surface area contributed by atoms with Crippen molar-refractivity contribution in [1.29, 1.82) is 0 Å². The molecule has 1 aliphatic rings. The minimum absolute atomic E-state index is 0.130. The van der Waals surface area contributed by atoms with Crippen LogP contribution in [0.5, 0.6) is 0 Å². The van der Waals surface area contributed by atoms with E-state index in [1.54, 1.807) is 0 Å². The zero-order valence-electron chi connectivity index (χ0n) is 40.4. The number of hydrogen-bond donors (Lipinski definition) is 0. The third-order valence-corrected chi connectivity index (χ3v) is 15.7. The summed E-state index contributed by atoms with van der Waals surface area (Å²) >= 11 is 0. The lowest BCUT2D eigenvalue weighted by Crippen LogP contribution is -2.16. The number of furan rings is 1. The van der Waals surface area contributed by atoms with Crippen molar-refractivity contribution < 1.29 is 4.42 Å². The zero-order valence-corrected chi connectivity index (χ0v) is 40.4. The van der Waals surface area contributed by atoms with E-state index in [9.17, 15) is 0 Å². The van der Waals surface area contributed by atoms with E-state index in [1.165, 1.54) is 71.5 Å². The van der Waals surface area contributed by atoms with Crippen LogP contribution in [0, 0.1) is 0 Å². The molecule has 0 fully saturated rings. The molecule has 0 atom stereocenters. The summed E-state index contributed by atoms with van der Waals surface area (Å²) in [6.45, 7) is 4.71. The van der Waals surface area contributed by atoms with Crippen LogP contribution in [0.4, 0.5) is 17.1 Å². The summed E-state index contributed by atoms with van der Waals surface area (Å²) in [5.74, 6) is 0. The quantitative estimate of drug-likeness (QED) is 0.159. The van der Waals surface area contributed by atoms with Gasteiger partial charge in [-0.15, -0.1) is 0 Å². The molecule has 0 spiro atoms. The lowest BCUT2D eigenvalue weighted by Gasteiger charge is -2.28. The molecule has 0 unspecified atom stereocenters. The van der Waals surface area contributed by atoms with Crippen LogP contribution in [0.2, 0.25) is 0 Å². The summed E-state index contributed by atoms with van der Waals surface area (Å²) < 4.78 is 11.1. The van der Waals surface area contributed by atoms with Gasteiger partial charge in [-0.2, -0.15) is 0 Å². The van der Waals surface area contributed by atoms with Crippen LogP contribution in [0.25, 0.3) is 110 Å². The lowest BCUT2D eigenvalue weighted by atomic mass is 9.82. The Morgan fingerprint density at radius 2 is 0.822 bits per heavy atom. The van der Waals surface area contributed by atoms with Crippen LogP contribution < -0.4 is 4.90 Å². The molecule has 0 aliphatic heterocycles. The van der Waals surface area contributed by atoms with Crippen LogP contribution in [-0.2, 0) is 5.41 Å². The normalized spacial score (nSPS) is 12.9. The van der Waals surface area contributed by atoms with Crippen molar-refractivity contribution in [3.05, 3.63) is 260 Å². The lowest BCUT2D eigenvalue weighted by molar-refractivity contribution is 0.660. The van der Waals surface area contributed by atoms with Crippen LogP contribution in [0.15, 0.2) is 253 Å². The van der Waals surface area contributed by atoms with E-state index in [0.717, 1.165) is 67.0 Å². The Balaban J connectivity index is 0.801. The van der Waals surface area contributed by atoms with Gasteiger partial charge in [0.2, 0.25) is 0 Å². The molecular formula is C69H47N3O. The largest absolute Gasteiger partial charge is 0.456 e. The zero-order chi connectivity index (χ0) is 48.4. The van der Waals surface area contributed by atoms with Gasteiger partial charge in [0.15, 0.2) is 0 Å². The van der Waals surface area contributed by atoms with Gasteiger partial charge >= 0.3 is 0 Å². The number of para-hydroxylation sites is 4. The maximum absolute atomic E-state index is 6.34. The van der Waals surface area contributed by atoms with E-state index in [0.29, 0.717) is 0 Å². The Morgan fingerprint density at radius 3 is 1.53 bits per heavy atom. The van der Waals surface area contributed by atoms with E-state index < -0.39 is 0 Å². The number of hydrogen-bond acceptors (Lipinski definition) is 2. The second kappa shape index (κ2) is 15.8. The Labute approximate surface area is 422 Å². The molecule has 1 aliphatic carbocycles. The highest BCUT2D eigenvalue weighted by Gasteiger charge is 2.36. The van der Waals surface area contributed by atoms with Crippen molar-refractivity contribution >= 4 is 82.6 Å². The van der Waals surface area contributed by atoms with Gasteiger partial charge in [-0.3, -0.25) is 0 Å². The number of benzene rings is 11. The van der Waals surface area contributed by atoms with Gasteiger partial charge in [-0.25, -0.2) is 0 Å². The number of nitrogens with zero attached hydrogens (tertiary/aromatic N) is 3. The Morgan fingerprint density at radius 1 is 0.315 bits per heavy atom. The number of anilines is 3. The topological polar surface area (TPSA) is 26.2 Å². The molecule has 73 heavy (non-hydrogen) atoms. The van der Waals surface area contributed by atoms with Crippen molar-refractivity contribution in [2.24, 2.45) is 0 Å². The molecule has 0 bridgehead atoms. The average Bonchev–Trinajstić information content (AvgIpc) is 4.15. The van der Waals surface area contributed by atoms with Gasteiger partial charge < -0.3 is 18.5 Å². The highest BCUT2D eigenvalue weighted by atomic mass is 16.3. The standard InChI is InChI=1S/C69H47N3O/c1-69(2)61-20-10-6-16-53(61)54-38-37-52(41-62(54)69)70(50-33-28-46(29-34-50)47-30-39-65-58(40-47)55-17-7-11-21-63(55)71(65)48-14-4-3-5-15-48)49-31-24-44(25-32-49)45-26-35-51(36-27-45)72-64-22-12-8-18-56(64)59-43-68-60(42-66(59)72)57-19-9-13-23-67(57)73-68/h3-43H,1-2H3. The maximum atomic E-state index is 6.34. The molecule has 0 saturated carbocycles. The van der Waals surface area contributed by atoms with Crippen molar-refractivity contribution in [3.63, 3.8) is 0 Å². The fourth-order valence-corrected chi connectivity index (χ4v) is 12.2. The minimum Gasteiger partial charge on any atom is -0.456 e. The van der Waals surface area contributed by atoms with E-state index in [1.807, 2.05) is 12.1 Å². The number of rotatable bonds is 7. The van der Waals surface area contributed by atoms with Crippen LogP contribution >= 0.6 is 0 Å². The highest BCUT2D eigenvalue weighted by molar-refractivity contribution is 6.17. The third kappa shape index (κ3) is 6.33. The van der Waals surface area contributed by atoms with Crippen LogP contribution in [-0.4, -0.2) is 9.13 Å². The molecule has 4 heteroatoms. The van der Waals surface area contributed by atoms with E-state index in [2.05, 4.69) is 264 Å². The first-order valence-corrected chi connectivity index (χ1v) is 25.2. The minimum atomic E-state index is -0.130. The molecule has 14 aromatic rings. The van der Waals surface area contributed by atoms with E-state index >= 15 is 0 Å². The summed E-state index contributed by atoms with van der Waals surface area (Å²) in [5.41, 5.74) is 22.1. The smallest absolute Gasteiger partial charge is 0.136 e. The Hall–Kier alpha value is -9.38. The molecule has 344 valence electrons. The fraction of sp³-hybridized carbons (Fsp3) is 0.0435. The van der Waals surface area contributed by atoms with Gasteiger partial charge in [-0.1, -0.05) is 159 Å². The van der Waals surface area contributed by atoms with Gasteiger partial charge in [0.1, 0.15) is 11.2 Å². The first kappa shape index (κ1) is 41.4. The highest BCUT2D eigenvalue weighted by Crippen LogP contribution is 2.51. The first-order valence-electron chi connectivity index (χ1n) is 25.2. The molecule has 4 nitrogen and oxygen atoms in total. The van der Waals surface area contributed by atoms with Crippen molar-refractivity contribution in [2.75, 3.05) is 4.90 Å². The second-order valence-electron chi connectivity index (χ2n) is 20.1. The predicted molar refractivity (Wildman–Crippen MR) is 306 cm³/mol. The first-order chi connectivity index (χ1) is 35.9. The Kier molecular flexibility index (Phi) is 8.97. The average molecular weight is 934 g/mol. The molecule has 0 amide bonds. The van der Waals surface area contributed by atoms with Crippen LogP contribution in [0.1, 0.15) is 25.0 Å². The third-order valence-electron chi connectivity index (χ3n) is 15.7.